The van der Waals surface area contributed by atoms with Crippen molar-refractivity contribution in [1.29, 1.82) is 0 Å². The summed E-state index contributed by atoms with van der Waals surface area (Å²) in [5, 5.41) is 0.265. The van der Waals surface area contributed by atoms with E-state index in [4.69, 9.17) is 0 Å². The summed E-state index contributed by atoms with van der Waals surface area (Å²) in [6.07, 6.45) is 3.86. The fourth-order valence-corrected chi connectivity index (χ4v) is 2.87. The normalized spacial score (nSPS) is 17.0. The minimum absolute atomic E-state index is 0.119. The lowest BCUT2D eigenvalue weighted by Crippen LogP contribution is -2.14. The molecule has 90 valence electrons. The highest BCUT2D eigenvalue weighted by atomic mass is 32.2. The molecule has 1 aliphatic carbocycles. The Morgan fingerprint density at radius 1 is 1.50 bits per heavy atom. The van der Waals surface area contributed by atoms with E-state index in [0.29, 0.717) is 12.0 Å². The van der Waals surface area contributed by atoms with Crippen LogP contribution in [0.15, 0.2) is 11.4 Å². The van der Waals surface area contributed by atoms with Crippen LogP contribution in [0.4, 0.5) is 0 Å². The molecule has 1 fully saturated rings. The third-order valence-electron chi connectivity index (χ3n) is 2.95. The number of hydrogen-bond donors (Lipinski definition) is 0. The molecule has 0 amide bonds. The predicted molar refractivity (Wildman–Crippen MR) is 62.3 cm³/mol. The monoisotopic (exact) mass is 242 g/mol. The average molecular weight is 242 g/mol. The van der Waals surface area contributed by atoms with E-state index in [-0.39, 0.29) is 10.9 Å². The number of hydrogen-bond acceptors (Lipinski definition) is 3. The third-order valence-corrected chi connectivity index (χ3v) is 4.57. The molecule has 0 N–H and O–H groups in total. The number of imidazole rings is 1. The van der Waals surface area contributed by atoms with Gasteiger partial charge in [0.25, 0.3) is 0 Å². The van der Waals surface area contributed by atoms with Crippen molar-refractivity contribution in [2.75, 3.05) is 5.75 Å². The fraction of sp³-hybridized carbons (Fsp3) is 0.727. The van der Waals surface area contributed by atoms with Crippen LogP contribution >= 0.6 is 0 Å². The summed E-state index contributed by atoms with van der Waals surface area (Å²) in [5.74, 6) is 0.433. The van der Waals surface area contributed by atoms with Crippen LogP contribution in [0.1, 0.15) is 51.3 Å². The molecule has 0 unspecified atom stereocenters. The molecule has 0 bridgehead atoms. The summed E-state index contributed by atoms with van der Waals surface area (Å²) in [6.45, 7) is 5.80. The first-order valence-corrected chi connectivity index (χ1v) is 7.42. The molecule has 0 radical (unpaired) electrons. The number of aromatic nitrogens is 2. The molecule has 2 rings (SSSR count). The van der Waals surface area contributed by atoms with Crippen molar-refractivity contribution in [2.24, 2.45) is 0 Å². The van der Waals surface area contributed by atoms with E-state index in [1.807, 2.05) is 4.57 Å². The van der Waals surface area contributed by atoms with E-state index in [9.17, 15) is 8.42 Å². The van der Waals surface area contributed by atoms with Gasteiger partial charge in [0.05, 0.1) is 5.75 Å². The zero-order valence-electron chi connectivity index (χ0n) is 9.97. The van der Waals surface area contributed by atoms with Crippen molar-refractivity contribution in [1.82, 2.24) is 9.55 Å². The molecule has 0 atom stereocenters. The van der Waals surface area contributed by atoms with Crippen molar-refractivity contribution in [3.8, 4) is 0 Å². The van der Waals surface area contributed by atoms with Crippen LogP contribution in [0, 0.1) is 0 Å². The van der Waals surface area contributed by atoms with Crippen LogP contribution in [-0.4, -0.2) is 23.7 Å². The van der Waals surface area contributed by atoms with Gasteiger partial charge < -0.3 is 4.57 Å². The summed E-state index contributed by atoms with van der Waals surface area (Å²) >= 11 is 0. The summed E-state index contributed by atoms with van der Waals surface area (Å²) in [6, 6.07) is 0.358. The Morgan fingerprint density at radius 3 is 2.56 bits per heavy atom. The van der Waals surface area contributed by atoms with Crippen LogP contribution in [0.2, 0.25) is 0 Å². The maximum Gasteiger partial charge on any atom is 0.228 e. The first-order valence-electron chi connectivity index (χ1n) is 5.77. The summed E-state index contributed by atoms with van der Waals surface area (Å²) < 4.78 is 25.7. The van der Waals surface area contributed by atoms with Crippen molar-refractivity contribution in [3.05, 3.63) is 11.9 Å². The van der Waals surface area contributed by atoms with Gasteiger partial charge in [-0.2, -0.15) is 0 Å². The lowest BCUT2D eigenvalue weighted by Gasteiger charge is -2.12. The number of rotatable bonds is 4. The quantitative estimate of drug-likeness (QED) is 0.812. The Morgan fingerprint density at radius 2 is 2.12 bits per heavy atom. The molecule has 0 aliphatic heterocycles. The van der Waals surface area contributed by atoms with Gasteiger partial charge >= 0.3 is 0 Å². The van der Waals surface area contributed by atoms with Gasteiger partial charge in [-0.05, 0) is 18.8 Å². The molecular formula is C11H18N2O2S. The SMILES string of the molecule is CCS(=O)(=O)c1ncc(C(C)C)n1C1CC1. The molecule has 0 aromatic carbocycles. The van der Waals surface area contributed by atoms with Crippen LogP contribution in [-0.2, 0) is 9.84 Å². The maximum absolute atomic E-state index is 11.9. The molecule has 1 heterocycles. The van der Waals surface area contributed by atoms with Crippen LogP contribution in [0.3, 0.4) is 0 Å². The van der Waals surface area contributed by atoms with Crippen LogP contribution in [0.5, 0.6) is 0 Å². The average Bonchev–Trinajstić information content (AvgIpc) is 2.96. The highest BCUT2D eigenvalue weighted by Gasteiger charge is 2.32. The Balaban J connectivity index is 2.55. The van der Waals surface area contributed by atoms with Gasteiger partial charge in [-0.1, -0.05) is 20.8 Å². The topological polar surface area (TPSA) is 52.0 Å². The maximum atomic E-state index is 11.9. The Labute approximate surface area is 96.6 Å². The van der Waals surface area contributed by atoms with Crippen molar-refractivity contribution < 1.29 is 8.42 Å². The van der Waals surface area contributed by atoms with E-state index in [2.05, 4.69) is 18.8 Å². The Kier molecular flexibility index (Phi) is 2.82. The largest absolute Gasteiger partial charge is 0.316 e. The number of sulfone groups is 1. The highest BCUT2D eigenvalue weighted by Crippen LogP contribution is 2.39. The van der Waals surface area contributed by atoms with Gasteiger partial charge in [0.15, 0.2) is 0 Å². The van der Waals surface area contributed by atoms with Gasteiger partial charge in [-0.3, -0.25) is 0 Å². The molecule has 1 saturated carbocycles. The van der Waals surface area contributed by atoms with Crippen molar-refractivity contribution in [2.45, 2.75) is 50.7 Å². The summed E-state index contributed by atoms with van der Waals surface area (Å²) in [7, 11) is -3.19. The molecular weight excluding hydrogens is 224 g/mol. The molecule has 0 spiro atoms. The third kappa shape index (κ3) is 1.88. The summed E-state index contributed by atoms with van der Waals surface area (Å²) in [4.78, 5) is 4.12. The second-order valence-electron chi connectivity index (χ2n) is 4.62. The molecule has 5 heteroatoms. The van der Waals surface area contributed by atoms with E-state index in [1.54, 1.807) is 13.1 Å². The lowest BCUT2D eigenvalue weighted by atomic mass is 10.1. The standard InChI is InChI=1S/C11H18N2O2S/c1-4-16(14,15)11-12-7-10(8(2)3)13(11)9-5-6-9/h7-9H,4-6H2,1-3H3. The van der Waals surface area contributed by atoms with Gasteiger partial charge in [0.1, 0.15) is 0 Å². The van der Waals surface area contributed by atoms with E-state index < -0.39 is 9.84 Å². The van der Waals surface area contributed by atoms with Gasteiger partial charge in [-0.15, -0.1) is 0 Å². The van der Waals surface area contributed by atoms with Crippen molar-refractivity contribution in [3.63, 3.8) is 0 Å². The fourth-order valence-electron chi connectivity index (χ4n) is 1.84. The summed E-state index contributed by atoms with van der Waals surface area (Å²) in [5.41, 5.74) is 1.04. The van der Waals surface area contributed by atoms with Gasteiger partial charge in [-0.25, -0.2) is 13.4 Å². The minimum Gasteiger partial charge on any atom is -0.316 e. The second kappa shape index (κ2) is 3.87. The van der Waals surface area contributed by atoms with Crippen LogP contribution < -0.4 is 0 Å². The van der Waals surface area contributed by atoms with Crippen molar-refractivity contribution >= 4 is 9.84 Å². The number of nitrogens with zero attached hydrogens (tertiary/aromatic N) is 2. The first kappa shape index (κ1) is 11.6. The molecule has 1 aromatic heterocycles. The smallest absolute Gasteiger partial charge is 0.228 e. The first-order chi connectivity index (χ1) is 7.47. The van der Waals surface area contributed by atoms with E-state index in [1.165, 1.54) is 0 Å². The lowest BCUT2D eigenvalue weighted by molar-refractivity contribution is 0.552. The van der Waals surface area contributed by atoms with E-state index >= 15 is 0 Å². The molecule has 1 aliphatic rings. The zero-order chi connectivity index (χ0) is 11.9. The highest BCUT2D eigenvalue weighted by molar-refractivity contribution is 7.91. The Hall–Kier alpha value is -0.840. The van der Waals surface area contributed by atoms with E-state index in [0.717, 1.165) is 18.5 Å². The molecule has 16 heavy (non-hydrogen) atoms. The van der Waals surface area contributed by atoms with Gasteiger partial charge in [0, 0.05) is 17.9 Å². The predicted octanol–water partition coefficient (Wildman–Crippen LogP) is 2.14. The van der Waals surface area contributed by atoms with Crippen LogP contribution in [0.25, 0.3) is 0 Å². The minimum atomic E-state index is -3.19. The molecule has 1 aromatic rings. The molecule has 4 nitrogen and oxygen atoms in total. The zero-order valence-corrected chi connectivity index (χ0v) is 10.8. The molecule has 0 saturated heterocycles. The Bertz CT molecular complexity index is 484. The van der Waals surface area contributed by atoms with Gasteiger partial charge in [0.2, 0.25) is 15.0 Å². The second-order valence-corrected chi connectivity index (χ2v) is 6.80.